The Morgan fingerprint density at radius 1 is 1.21 bits per heavy atom. The monoisotopic (exact) mass is 528 g/mol. The van der Waals surface area contributed by atoms with Crippen LogP contribution in [0.2, 0.25) is 0 Å². The number of phenols is 1. The minimum absolute atomic E-state index is 0.0907. The summed E-state index contributed by atoms with van der Waals surface area (Å²) in [6, 6.07) is 2.35. The molecule has 1 aliphatic carbocycles. The number of benzene rings is 1. The van der Waals surface area contributed by atoms with Crippen molar-refractivity contribution in [2.45, 2.75) is 37.6 Å². The number of aliphatic hydroxyl groups excluding tert-OH is 1. The van der Waals surface area contributed by atoms with Crippen LogP contribution in [-0.2, 0) is 4.74 Å². The van der Waals surface area contributed by atoms with E-state index in [0.29, 0.717) is 54.6 Å². The minimum atomic E-state index is -1.18. The van der Waals surface area contributed by atoms with Gasteiger partial charge in [-0.1, -0.05) is 6.58 Å². The fourth-order valence-electron chi connectivity index (χ4n) is 4.42. The van der Waals surface area contributed by atoms with Crippen molar-refractivity contribution in [3.8, 4) is 22.9 Å². The molecule has 1 aliphatic heterocycles. The zero-order chi connectivity index (χ0) is 26.8. The molecule has 1 unspecified atom stereocenters. The third-order valence-electron chi connectivity index (χ3n) is 6.73. The molecular formula is C26H30F2N6O4. The van der Waals surface area contributed by atoms with Crippen LogP contribution in [0.25, 0.3) is 22.3 Å². The molecule has 0 radical (unpaired) electrons. The Morgan fingerprint density at radius 3 is 2.76 bits per heavy atom. The number of phenolic OH excluding ortho intramolecular Hbond substituents is 1. The highest BCUT2D eigenvalue weighted by Gasteiger charge is 2.28. The largest absolute Gasteiger partial charge is 0.505 e. The molecule has 5 N–H and O–H groups in total. The molecule has 2 aromatic heterocycles. The first-order valence-electron chi connectivity index (χ1n) is 12.5. The summed E-state index contributed by atoms with van der Waals surface area (Å²) in [7, 11) is 1.22. The molecule has 0 spiro atoms. The molecule has 1 saturated carbocycles. The highest BCUT2D eigenvalue weighted by Crippen LogP contribution is 2.37. The van der Waals surface area contributed by atoms with Crippen LogP contribution in [0.4, 0.5) is 20.4 Å². The first-order valence-corrected chi connectivity index (χ1v) is 12.5. The summed E-state index contributed by atoms with van der Waals surface area (Å²) in [5.74, 6) is -2.13. The van der Waals surface area contributed by atoms with Gasteiger partial charge < -0.3 is 30.3 Å². The summed E-state index contributed by atoms with van der Waals surface area (Å²) in [6.07, 6.45) is 4.93. The van der Waals surface area contributed by atoms with Crippen molar-refractivity contribution in [1.29, 1.82) is 0 Å². The Bertz CT molecular complexity index is 1340. The van der Waals surface area contributed by atoms with Crippen molar-refractivity contribution in [1.82, 2.24) is 20.3 Å². The Balaban J connectivity index is 1.52. The van der Waals surface area contributed by atoms with Crippen molar-refractivity contribution in [2.24, 2.45) is 5.92 Å². The average molecular weight is 529 g/mol. The second-order valence-corrected chi connectivity index (χ2v) is 9.48. The predicted octanol–water partition coefficient (Wildman–Crippen LogP) is 3.17. The van der Waals surface area contributed by atoms with E-state index in [1.165, 1.54) is 19.4 Å². The number of fused-ring (bicyclic) bond motifs is 1. The highest BCUT2D eigenvalue weighted by atomic mass is 19.1. The SMILES string of the molecule is C=CC(O)N[C@H]1CCOC[C@H]1Nc1cc2c(NCC3CC3)nc(-c3c(F)c(O)cc(OC)c3F)nc2cn1. The Morgan fingerprint density at radius 2 is 2.03 bits per heavy atom. The number of hydrogen-bond donors (Lipinski definition) is 5. The molecule has 5 rings (SSSR count). The molecule has 202 valence electrons. The summed E-state index contributed by atoms with van der Waals surface area (Å²) in [5, 5.41) is 30.3. The Hall–Kier alpha value is -3.61. The zero-order valence-electron chi connectivity index (χ0n) is 20.9. The molecule has 2 fully saturated rings. The van der Waals surface area contributed by atoms with Gasteiger partial charge in [-0.15, -0.1) is 0 Å². The van der Waals surface area contributed by atoms with Crippen molar-refractivity contribution < 1.29 is 28.5 Å². The normalized spacial score (nSPS) is 20.2. The van der Waals surface area contributed by atoms with Gasteiger partial charge in [-0.3, -0.25) is 5.32 Å². The molecule has 1 saturated heterocycles. The van der Waals surface area contributed by atoms with Crippen molar-refractivity contribution in [2.75, 3.05) is 37.5 Å². The molecule has 1 aromatic carbocycles. The van der Waals surface area contributed by atoms with E-state index in [1.54, 1.807) is 6.07 Å². The fourth-order valence-corrected chi connectivity index (χ4v) is 4.42. The van der Waals surface area contributed by atoms with Crippen LogP contribution in [0.3, 0.4) is 0 Å². The van der Waals surface area contributed by atoms with E-state index in [9.17, 15) is 14.6 Å². The van der Waals surface area contributed by atoms with Crippen LogP contribution in [0.1, 0.15) is 19.3 Å². The summed E-state index contributed by atoms with van der Waals surface area (Å²) in [6.45, 7) is 5.21. The number of halogens is 2. The van der Waals surface area contributed by atoms with Crippen LogP contribution in [0.15, 0.2) is 31.0 Å². The molecule has 3 heterocycles. The van der Waals surface area contributed by atoms with E-state index in [-0.39, 0.29) is 23.7 Å². The fraction of sp³-hybridized carbons (Fsp3) is 0.423. The molecule has 12 heteroatoms. The summed E-state index contributed by atoms with van der Waals surface area (Å²) in [5.41, 5.74) is -0.230. The van der Waals surface area contributed by atoms with Gasteiger partial charge >= 0.3 is 0 Å². The van der Waals surface area contributed by atoms with Gasteiger partial charge in [0.1, 0.15) is 17.9 Å². The topological polar surface area (TPSA) is 134 Å². The van der Waals surface area contributed by atoms with Gasteiger partial charge in [0.15, 0.2) is 29.0 Å². The molecule has 3 aromatic rings. The van der Waals surface area contributed by atoms with Crippen LogP contribution in [0.5, 0.6) is 11.5 Å². The number of pyridine rings is 1. The lowest BCUT2D eigenvalue weighted by Crippen LogP contribution is -2.53. The highest BCUT2D eigenvalue weighted by molar-refractivity contribution is 5.92. The number of aliphatic hydroxyl groups is 1. The lowest BCUT2D eigenvalue weighted by Gasteiger charge is -2.34. The van der Waals surface area contributed by atoms with Gasteiger partial charge in [-0.2, -0.15) is 0 Å². The molecule has 2 aliphatic rings. The van der Waals surface area contributed by atoms with Crippen molar-refractivity contribution in [3.05, 3.63) is 42.6 Å². The average Bonchev–Trinajstić information content (AvgIpc) is 3.75. The number of aromatic hydroxyl groups is 1. The van der Waals surface area contributed by atoms with Crippen molar-refractivity contribution in [3.63, 3.8) is 0 Å². The van der Waals surface area contributed by atoms with Gasteiger partial charge in [-0.05, 0) is 37.3 Å². The third-order valence-corrected chi connectivity index (χ3v) is 6.73. The zero-order valence-corrected chi connectivity index (χ0v) is 20.9. The first kappa shape index (κ1) is 26.0. The van der Waals surface area contributed by atoms with E-state index in [0.717, 1.165) is 18.9 Å². The van der Waals surface area contributed by atoms with Gasteiger partial charge in [0, 0.05) is 30.6 Å². The minimum Gasteiger partial charge on any atom is -0.505 e. The first-order chi connectivity index (χ1) is 18.4. The number of rotatable bonds is 10. The number of methoxy groups -OCH3 is 1. The van der Waals surface area contributed by atoms with Gasteiger partial charge in [0.05, 0.1) is 37.0 Å². The number of aromatic nitrogens is 3. The maximum Gasteiger partial charge on any atom is 0.179 e. The Labute approximate surface area is 218 Å². The van der Waals surface area contributed by atoms with Crippen LogP contribution in [0, 0.1) is 17.6 Å². The van der Waals surface area contributed by atoms with E-state index >= 15 is 4.39 Å². The maximum absolute atomic E-state index is 15.1. The smallest absolute Gasteiger partial charge is 0.179 e. The van der Waals surface area contributed by atoms with Gasteiger partial charge in [0.2, 0.25) is 0 Å². The van der Waals surface area contributed by atoms with E-state index in [4.69, 9.17) is 9.47 Å². The van der Waals surface area contributed by atoms with E-state index < -0.39 is 29.2 Å². The molecule has 10 nitrogen and oxygen atoms in total. The summed E-state index contributed by atoms with van der Waals surface area (Å²) >= 11 is 0. The number of hydrogen-bond acceptors (Lipinski definition) is 10. The van der Waals surface area contributed by atoms with E-state index in [2.05, 4.69) is 37.5 Å². The summed E-state index contributed by atoms with van der Waals surface area (Å²) in [4.78, 5) is 13.3. The molecular weight excluding hydrogens is 498 g/mol. The summed E-state index contributed by atoms with van der Waals surface area (Å²) < 4.78 is 40.5. The second kappa shape index (κ2) is 11.0. The quantitative estimate of drug-likeness (QED) is 0.197. The maximum atomic E-state index is 15.1. The number of ether oxygens (including phenoxy) is 2. The standard InChI is InChI=1S/C26H30F2N6O4/c1-3-21(36)32-15-6-7-38-12-17(15)31-20-8-14-16(11-29-20)33-26(34-25(14)30-10-13-4-5-13)22-23(27)18(35)9-19(37-2)24(22)28/h3,8-9,11,13,15,17,21,32,35-36H,1,4-7,10,12H2,2H3,(H,29,31)(H,30,33,34)/t15-,17+,21?/m0/s1. The van der Waals surface area contributed by atoms with Gasteiger partial charge in [0.25, 0.3) is 0 Å². The van der Waals surface area contributed by atoms with E-state index in [1.807, 2.05) is 0 Å². The number of nitrogens with zero attached hydrogens (tertiary/aromatic N) is 3. The predicted molar refractivity (Wildman–Crippen MR) is 138 cm³/mol. The molecule has 0 amide bonds. The van der Waals surface area contributed by atoms with Crippen LogP contribution in [-0.4, -0.2) is 70.3 Å². The third kappa shape index (κ3) is 5.47. The second-order valence-electron chi connectivity index (χ2n) is 9.48. The number of nitrogens with one attached hydrogen (secondary N) is 3. The molecule has 38 heavy (non-hydrogen) atoms. The lowest BCUT2D eigenvalue weighted by molar-refractivity contribution is 0.0508. The number of anilines is 2. The van der Waals surface area contributed by atoms with Gasteiger partial charge in [-0.25, -0.2) is 23.7 Å². The van der Waals surface area contributed by atoms with Crippen LogP contribution >= 0.6 is 0 Å². The Kier molecular flexibility index (Phi) is 7.54. The van der Waals surface area contributed by atoms with Crippen molar-refractivity contribution >= 4 is 22.5 Å². The van der Waals surface area contributed by atoms with Crippen LogP contribution < -0.4 is 20.7 Å². The molecule has 3 atom stereocenters. The lowest BCUT2D eigenvalue weighted by atomic mass is 10.0. The molecule has 0 bridgehead atoms.